The highest BCUT2D eigenvalue weighted by Gasteiger charge is 2.10. The van der Waals surface area contributed by atoms with Gasteiger partial charge in [-0.25, -0.2) is 0 Å². The molecule has 4 heteroatoms. The molecule has 2 aromatic heterocycles. The summed E-state index contributed by atoms with van der Waals surface area (Å²) < 4.78 is 4.25. The fraction of sp³-hybridized carbons (Fsp3) is 0.353. The first-order chi connectivity index (χ1) is 10.2. The molecule has 0 N–H and O–H groups in total. The Morgan fingerprint density at radius 3 is 2.67 bits per heavy atom. The van der Waals surface area contributed by atoms with Crippen LogP contribution in [0.5, 0.6) is 0 Å². The van der Waals surface area contributed by atoms with Crippen molar-refractivity contribution in [2.75, 3.05) is 0 Å². The van der Waals surface area contributed by atoms with Crippen LogP contribution in [0.15, 0.2) is 42.7 Å². The molecule has 0 aliphatic rings. The van der Waals surface area contributed by atoms with E-state index in [0.29, 0.717) is 6.04 Å². The fourth-order valence-corrected chi connectivity index (χ4v) is 3.14. The minimum atomic E-state index is 0.490. The first kappa shape index (κ1) is 14.2. The number of rotatable bonds is 5. The van der Waals surface area contributed by atoms with Crippen LogP contribution in [0.1, 0.15) is 38.4 Å². The Hall–Kier alpha value is -1.74. The third kappa shape index (κ3) is 2.70. The van der Waals surface area contributed by atoms with E-state index in [1.54, 1.807) is 0 Å². The van der Waals surface area contributed by atoms with Gasteiger partial charge in [0.2, 0.25) is 0 Å². The minimum absolute atomic E-state index is 0.490. The number of nitrogens with zero attached hydrogens (tertiary/aromatic N) is 3. The monoisotopic (exact) mass is 301 g/mol. The van der Waals surface area contributed by atoms with Crippen LogP contribution >= 0.6 is 11.6 Å². The van der Waals surface area contributed by atoms with E-state index >= 15 is 0 Å². The van der Waals surface area contributed by atoms with Crippen molar-refractivity contribution >= 4 is 22.5 Å². The lowest BCUT2D eigenvalue weighted by Gasteiger charge is -2.12. The van der Waals surface area contributed by atoms with Gasteiger partial charge in [-0.05, 0) is 31.0 Å². The summed E-state index contributed by atoms with van der Waals surface area (Å²) in [6, 6.07) is 10.7. The van der Waals surface area contributed by atoms with Gasteiger partial charge in [-0.2, -0.15) is 5.10 Å². The van der Waals surface area contributed by atoms with E-state index < -0.39 is 0 Å². The van der Waals surface area contributed by atoms with E-state index in [4.69, 9.17) is 16.7 Å². The average molecular weight is 302 g/mol. The predicted octanol–water partition coefficient (Wildman–Crippen LogP) is 4.90. The molecule has 0 spiro atoms. The number of hydrogen-bond donors (Lipinski definition) is 0. The summed E-state index contributed by atoms with van der Waals surface area (Å²) in [6.07, 6.45) is 6.37. The Morgan fingerprint density at radius 1 is 1.10 bits per heavy atom. The van der Waals surface area contributed by atoms with E-state index in [9.17, 15) is 0 Å². The first-order valence-corrected chi connectivity index (χ1v) is 7.88. The van der Waals surface area contributed by atoms with E-state index in [-0.39, 0.29) is 0 Å². The van der Waals surface area contributed by atoms with Gasteiger partial charge in [0.15, 0.2) is 0 Å². The van der Waals surface area contributed by atoms with Gasteiger partial charge in [0.1, 0.15) is 0 Å². The van der Waals surface area contributed by atoms with Gasteiger partial charge in [-0.1, -0.05) is 37.6 Å². The molecular formula is C17H20ClN3. The smallest absolute Gasteiger partial charge is 0.0821 e. The Labute approximate surface area is 130 Å². The molecule has 0 aliphatic heterocycles. The quantitative estimate of drug-likeness (QED) is 0.657. The fourth-order valence-electron chi connectivity index (χ4n) is 2.85. The van der Waals surface area contributed by atoms with Crippen molar-refractivity contribution in [2.24, 2.45) is 0 Å². The molecule has 3 nitrogen and oxygen atoms in total. The zero-order chi connectivity index (χ0) is 14.8. The average Bonchev–Trinajstić information content (AvgIpc) is 3.10. The molecule has 0 aliphatic carbocycles. The van der Waals surface area contributed by atoms with Gasteiger partial charge in [0, 0.05) is 17.8 Å². The lowest BCUT2D eigenvalue weighted by atomic mass is 10.2. The van der Waals surface area contributed by atoms with Crippen LogP contribution in [0.4, 0.5) is 0 Å². The zero-order valence-electron chi connectivity index (χ0n) is 12.5. The predicted molar refractivity (Wildman–Crippen MR) is 87.9 cm³/mol. The van der Waals surface area contributed by atoms with Gasteiger partial charge >= 0.3 is 0 Å². The van der Waals surface area contributed by atoms with Crippen molar-refractivity contribution in [2.45, 2.75) is 39.3 Å². The number of para-hydroxylation sites is 1. The largest absolute Gasteiger partial charge is 0.340 e. The molecule has 2 heterocycles. The van der Waals surface area contributed by atoms with Crippen LogP contribution in [0, 0.1) is 0 Å². The number of hydrogen-bond acceptors (Lipinski definition) is 1. The molecule has 21 heavy (non-hydrogen) atoms. The Balaban J connectivity index is 1.89. The zero-order valence-corrected chi connectivity index (χ0v) is 13.2. The summed E-state index contributed by atoms with van der Waals surface area (Å²) >= 11 is 6.32. The Kier molecular flexibility index (Phi) is 4.02. The van der Waals surface area contributed by atoms with E-state index in [1.165, 1.54) is 5.39 Å². The van der Waals surface area contributed by atoms with E-state index in [0.717, 1.165) is 35.6 Å². The van der Waals surface area contributed by atoms with E-state index in [1.807, 2.05) is 12.1 Å². The first-order valence-electron chi connectivity index (χ1n) is 7.50. The summed E-state index contributed by atoms with van der Waals surface area (Å²) in [7, 11) is 0. The van der Waals surface area contributed by atoms with Crippen molar-refractivity contribution < 1.29 is 0 Å². The van der Waals surface area contributed by atoms with Crippen molar-refractivity contribution in [1.82, 2.24) is 14.3 Å². The molecule has 0 atom stereocenters. The maximum absolute atomic E-state index is 6.32. The highest BCUT2D eigenvalue weighted by Crippen LogP contribution is 2.25. The summed E-state index contributed by atoms with van der Waals surface area (Å²) in [4.78, 5) is 0. The Bertz CT molecular complexity index is 737. The van der Waals surface area contributed by atoms with Crippen LogP contribution in [-0.2, 0) is 6.54 Å². The van der Waals surface area contributed by atoms with Gasteiger partial charge < -0.3 is 4.57 Å². The third-order valence-corrected chi connectivity index (χ3v) is 4.36. The van der Waals surface area contributed by atoms with Gasteiger partial charge in [-0.15, -0.1) is 0 Å². The standard InChI is InChI=1S/C17H20ClN3/c1-3-15(4-2)21-11-9-14(19-21)12-20-10-8-13-6-5-7-16(18)17(13)20/h5-11,15H,3-4,12H2,1-2H3. The van der Waals surface area contributed by atoms with Gasteiger partial charge in [-0.3, -0.25) is 4.68 Å². The van der Waals surface area contributed by atoms with Crippen molar-refractivity contribution in [3.8, 4) is 0 Å². The van der Waals surface area contributed by atoms with Crippen LogP contribution in [0.3, 0.4) is 0 Å². The molecule has 3 aromatic rings. The topological polar surface area (TPSA) is 22.8 Å². The lowest BCUT2D eigenvalue weighted by Crippen LogP contribution is -2.08. The molecule has 0 saturated heterocycles. The van der Waals surface area contributed by atoms with Crippen molar-refractivity contribution in [1.29, 1.82) is 0 Å². The molecule has 0 amide bonds. The number of fused-ring (bicyclic) bond motifs is 1. The molecule has 110 valence electrons. The number of halogens is 1. The minimum Gasteiger partial charge on any atom is -0.340 e. The summed E-state index contributed by atoms with van der Waals surface area (Å²) in [6.45, 7) is 5.16. The maximum Gasteiger partial charge on any atom is 0.0821 e. The molecule has 0 unspecified atom stereocenters. The van der Waals surface area contributed by atoms with Crippen LogP contribution in [0.25, 0.3) is 10.9 Å². The van der Waals surface area contributed by atoms with Gasteiger partial charge in [0.05, 0.1) is 28.8 Å². The SMILES string of the molecule is CCC(CC)n1ccc(Cn2ccc3cccc(Cl)c32)n1. The highest BCUT2D eigenvalue weighted by molar-refractivity contribution is 6.35. The molecule has 1 aromatic carbocycles. The van der Waals surface area contributed by atoms with Crippen LogP contribution in [-0.4, -0.2) is 14.3 Å². The molecule has 0 fully saturated rings. The molecule has 0 radical (unpaired) electrons. The molecule has 0 bridgehead atoms. The highest BCUT2D eigenvalue weighted by atomic mass is 35.5. The van der Waals surface area contributed by atoms with Crippen LogP contribution < -0.4 is 0 Å². The molecule has 3 rings (SSSR count). The second-order valence-corrected chi connectivity index (χ2v) is 5.79. The summed E-state index contributed by atoms with van der Waals surface area (Å²) in [5.74, 6) is 0. The number of benzene rings is 1. The normalized spacial score (nSPS) is 11.6. The maximum atomic E-state index is 6.32. The second-order valence-electron chi connectivity index (χ2n) is 5.38. The third-order valence-electron chi connectivity index (χ3n) is 4.05. The Morgan fingerprint density at radius 2 is 1.90 bits per heavy atom. The molecular weight excluding hydrogens is 282 g/mol. The molecule has 0 saturated carbocycles. The van der Waals surface area contributed by atoms with Crippen molar-refractivity contribution in [3.05, 3.63) is 53.4 Å². The van der Waals surface area contributed by atoms with Gasteiger partial charge in [0.25, 0.3) is 0 Å². The van der Waals surface area contributed by atoms with Crippen LogP contribution in [0.2, 0.25) is 5.02 Å². The van der Waals surface area contributed by atoms with Crippen molar-refractivity contribution in [3.63, 3.8) is 0 Å². The number of aromatic nitrogens is 3. The summed E-state index contributed by atoms with van der Waals surface area (Å²) in [5.41, 5.74) is 2.15. The van der Waals surface area contributed by atoms with E-state index in [2.05, 4.69) is 53.7 Å². The lowest BCUT2D eigenvalue weighted by molar-refractivity contribution is 0.425. The summed E-state index contributed by atoms with van der Waals surface area (Å²) in [5, 5.41) is 6.67. The second kappa shape index (κ2) is 5.94.